The number of nitrogens with zero attached hydrogens (tertiary/aromatic N) is 1. The smallest absolute Gasteiger partial charge is 0.225 e. The van der Waals surface area contributed by atoms with Gasteiger partial charge in [0.05, 0.1) is 5.57 Å². The molecule has 1 amide bonds. The van der Waals surface area contributed by atoms with Gasteiger partial charge in [-0.3, -0.25) is 14.4 Å². The van der Waals surface area contributed by atoms with Crippen molar-refractivity contribution in [3.8, 4) is 6.07 Å². The first-order valence-electron chi connectivity index (χ1n) is 15.6. The molecule has 0 aromatic heterocycles. The number of Topliss-reactive ketones (excluding diaryl/α,β-unsaturated/α-hetero) is 1. The van der Waals surface area contributed by atoms with E-state index in [1.165, 1.54) is 0 Å². The van der Waals surface area contributed by atoms with Gasteiger partial charge in [0.2, 0.25) is 5.91 Å². The molecule has 1 saturated carbocycles. The van der Waals surface area contributed by atoms with E-state index >= 15 is 0 Å². The Labute approximate surface area is 243 Å². The number of nitriles is 1. The molecule has 0 heterocycles. The molecule has 0 aromatic rings. The average molecular weight is 551 g/mol. The molecule has 3 rings (SSSR count). The molecule has 0 unspecified atom stereocenters. The van der Waals surface area contributed by atoms with Crippen LogP contribution < -0.4 is 5.32 Å². The first-order chi connectivity index (χ1) is 18.4. The molecule has 1 fully saturated rings. The third-order valence-electron chi connectivity index (χ3n) is 11.7. The number of hydrogen-bond donors (Lipinski definition) is 1. The van der Waals surface area contributed by atoms with Crippen LogP contribution in [0.3, 0.4) is 0 Å². The zero-order chi connectivity index (χ0) is 30.4. The standard InChI is InChI=1S/C35H54N2O3/c1-11-14-30(3,4)16-17-32(7,29(40)37-12-2)18-19-33(8)22-25(38)20-27-34(9)21-24(23-36)28(39)31(5,6)26(34)13-15-35(27,33)10/h20-21,26H,11-19,22H2,1-10H3,(H,37,40)/t26-,32-,33+,34-,35+/m0/s1. The second-order valence-corrected chi connectivity index (χ2v) is 15.5. The Balaban J connectivity index is 2.00. The summed E-state index contributed by atoms with van der Waals surface area (Å²) in [5, 5.41) is 13.0. The maximum absolute atomic E-state index is 13.5. The van der Waals surface area contributed by atoms with Crippen molar-refractivity contribution in [2.75, 3.05) is 6.54 Å². The molecule has 5 atom stereocenters. The van der Waals surface area contributed by atoms with Crippen LogP contribution in [0.4, 0.5) is 0 Å². The Morgan fingerprint density at radius 3 is 2.27 bits per heavy atom. The van der Waals surface area contributed by atoms with Gasteiger partial charge in [-0.2, -0.15) is 5.26 Å². The van der Waals surface area contributed by atoms with Gasteiger partial charge in [0, 0.05) is 29.2 Å². The van der Waals surface area contributed by atoms with E-state index in [9.17, 15) is 19.6 Å². The highest BCUT2D eigenvalue weighted by atomic mass is 16.2. The molecular weight excluding hydrogens is 496 g/mol. The highest BCUT2D eigenvalue weighted by molar-refractivity contribution is 6.04. The van der Waals surface area contributed by atoms with Crippen LogP contribution in [0.25, 0.3) is 0 Å². The third kappa shape index (κ3) is 5.37. The molecule has 0 spiro atoms. The second-order valence-electron chi connectivity index (χ2n) is 15.5. The first-order valence-corrected chi connectivity index (χ1v) is 15.6. The van der Waals surface area contributed by atoms with Gasteiger partial charge in [-0.15, -0.1) is 0 Å². The summed E-state index contributed by atoms with van der Waals surface area (Å²) >= 11 is 0. The highest BCUT2D eigenvalue weighted by Crippen LogP contribution is 2.69. The number of hydrogen-bond acceptors (Lipinski definition) is 4. The van der Waals surface area contributed by atoms with Gasteiger partial charge < -0.3 is 5.32 Å². The molecule has 5 heteroatoms. The number of nitrogens with one attached hydrogen (secondary N) is 1. The molecule has 0 bridgehead atoms. The molecule has 3 aliphatic carbocycles. The minimum atomic E-state index is -0.671. The molecule has 0 radical (unpaired) electrons. The lowest BCUT2D eigenvalue weighted by Gasteiger charge is -2.63. The van der Waals surface area contributed by atoms with Crippen LogP contribution in [0, 0.1) is 49.7 Å². The molecule has 222 valence electrons. The van der Waals surface area contributed by atoms with E-state index in [1.807, 2.05) is 32.9 Å². The lowest BCUT2D eigenvalue weighted by molar-refractivity contribution is -0.134. The number of amides is 1. The van der Waals surface area contributed by atoms with Crippen molar-refractivity contribution in [3.63, 3.8) is 0 Å². The lowest BCUT2D eigenvalue weighted by Crippen LogP contribution is -2.58. The maximum Gasteiger partial charge on any atom is 0.225 e. The summed E-state index contributed by atoms with van der Waals surface area (Å²) in [5.74, 6) is 0.164. The van der Waals surface area contributed by atoms with Crippen molar-refractivity contribution in [1.82, 2.24) is 5.32 Å². The van der Waals surface area contributed by atoms with Crippen molar-refractivity contribution in [3.05, 3.63) is 23.3 Å². The summed E-state index contributed by atoms with van der Waals surface area (Å²) in [6, 6.07) is 2.17. The monoisotopic (exact) mass is 550 g/mol. The predicted octanol–water partition coefficient (Wildman–Crippen LogP) is 7.90. The topological polar surface area (TPSA) is 87.0 Å². The van der Waals surface area contributed by atoms with Gasteiger partial charge in [0.25, 0.3) is 0 Å². The summed E-state index contributed by atoms with van der Waals surface area (Å²) in [5.41, 5.74) is -0.865. The van der Waals surface area contributed by atoms with E-state index in [4.69, 9.17) is 0 Å². The summed E-state index contributed by atoms with van der Waals surface area (Å²) in [6.07, 6.45) is 11.5. The van der Waals surface area contributed by atoms with Crippen molar-refractivity contribution in [2.45, 2.75) is 127 Å². The summed E-state index contributed by atoms with van der Waals surface area (Å²) in [7, 11) is 0. The number of rotatable bonds is 10. The predicted molar refractivity (Wildman–Crippen MR) is 161 cm³/mol. The quantitative estimate of drug-likeness (QED) is 0.299. The zero-order valence-corrected chi connectivity index (χ0v) is 27.0. The SMILES string of the molecule is CCCC(C)(C)CC[C@@](C)(CC[C@]1(C)CC(=O)C=C2[C@@]3(C)C=C(C#N)C(=O)C(C)(C)[C@@H]3CC[C@]21C)C(=O)NCC. The lowest BCUT2D eigenvalue weighted by atomic mass is 9.40. The molecule has 1 N–H and O–H groups in total. The highest BCUT2D eigenvalue weighted by Gasteiger charge is 2.63. The number of ketones is 2. The van der Waals surface area contributed by atoms with E-state index in [2.05, 4.69) is 59.9 Å². The van der Waals surface area contributed by atoms with Crippen LogP contribution in [0.1, 0.15) is 127 Å². The van der Waals surface area contributed by atoms with Crippen molar-refractivity contribution >= 4 is 17.5 Å². The Bertz CT molecular complexity index is 1150. The van der Waals surface area contributed by atoms with Gasteiger partial charge in [0.15, 0.2) is 11.6 Å². The van der Waals surface area contributed by atoms with E-state index in [1.54, 1.807) is 0 Å². The van der Waals surface area contributed by atoms with Gasteiger partial charge in [0.1, 0.15) is 6.07 Å². The molecule has 5 nitrogen and oxygen atoms in total. The van der Waals surface area contributed by atoms with E-state index in [0.29, 0.717) is 13.0 Å². The average Bonchev–Trinajstić information content (AvgIpc) is 2.85. The summed E-state index contributed by atoms with van der Waals surface area (Å²) < 4.78 is 0. The van der Waals surface area contributed by atoms with Crippen LogP contribution in [-0.4, -0.2) is 24.0 Å². The minimum absolute atomic E-state index is 0.0282. The fraction of sp³-hybridized carbons (Fsp3) is 0.771. The zero-order valence-electron chi connectivity index (χ0n) is 27.0. The summed E-state index contributed by atoms with van der Waals surface area (Å²) in [4.78, 5) is 40.1. The van der Waals surface area contributed by atoms with Gasteiger partial charge in [-0.05, 0) is 80.1 Å². The Morgan fingerprint density at radius 2 is 1.70 bits per heavy atom. The number of carbonyl (C=O) groups is 3. The van der Waals surface area contributed by atoms with Crippen LogP contribution >= 0.6 is 0 Å². The fourth-order valence-electron chi connectivity index (χ4n) is 8.68. The molecule has 0 saturated heterocycles. The molecule has 40 heavy (non-hydrogen) atoms. The molecule has 0 aromatic carbocycles. The summed E-state index contributed by atoms with van der Waals surface area (Å²) in [6.45, 7) is 22.1. The molecular formula is C35H54N2O3. The third-order valence-corrected chi connectivity index (χ3v) is 11.7. The first kappa shape index (κ1) is 32.3. The molecule has 0 aliphatic heterocycles. The normalized spacial score (nSPS) is 33.1. The van der Waals surface area contributed by atoms with Crippen LogP contribution in [-0.2, 0) is 14.4 Å². The van der Waals surface area contributed by atoms with Gasteiger partial charge in [-0.25, -0.2) is 0 Å². The minimum Gasteiger partial charge on any atom is -0.356 e. The maximum atomic E-state index is 13.5. The van der Waals surface area contributed by atoms with Gasteiger partial charge in [-0.1, -0.05) is 80.4 Å². The Kier molecular flexibility index (Phi) is 8.79. The van der Waals surface area contributed by atoms with Crippen molar-refractivity contribution < 1.29 is 14.4 Å². The van der Waals surface area contributed by atoms with Crippen LogP contribution in [0.15, 0.2) is 23.3 Å². The van der Waals surface area contributed by atoms with E-state index < -0.39 is 16.2 Å². The number of fused-ring (bicyclic) bond motifs is 3. The largest absolute Gasteiger partial charge is 0.356 e. The second kappa shape index (κ2) is 10.9. The van der Waals surface area contributed by atoms with Crippen molar-refractivity contribution in [2.24, 2.45) is 38.4 Å². The van der Waals surface area contributed by atoms with E-state index in [-0.39, 0.29) is 45.2 Å². The molecule has 3 aliphatic rings. The van der Waals surface area contributed by atoms with Crippen molar-refractivity contribution in [1.29, 1.82) is 5.26 Å². The number of carbonyl (C=O) groups excluding carboxylic acids is 3. The Morgan fingerprint density at radius 1 is 1.05 bits per heavy atom. The fourth-order valence-corrected chi connectivity index (χ4v) is 8.68. The van der Waals surface area contributed by atoms with Gasteiger partial charge >= 0.3 is 0 Å². The van der Waals surface area contributed by atoms with E-state index in [0.717, 1.165) is 56.9 Å². The van der Waals surface area contributed by atoms with Crippen LogP contribution in [0.2, 0.25) is 0 Å². The Hall–Kier alpha value is -2.22. The number of allylic oxidation sites excluding steroid dienone is 4. The van der Waals surface area contributed by atoms with Crippen LogP contribution in [0.5, 0.6) is 0 Å².